The average Bonchev–Trinajstić information content (AvgIpc) is 2.73. The SMILES string of the molecule is CN=C(NCCCN1CCN(C(=O)OC(C)(C)C)CC1)NCC(C)(C)N1CCOCC1. The lowest BCUT2D eigenvalue weighted by molar-refractivity contribution is -0.00834. The van der Waals surface area contributed by atoms with Crippen LogP contribution in [-0.2, 0) is 9.47 Å². The van der Waals surface area contributed by atoms with Gasteiger partial charge in [0.05, 0.1) is 13.2 Å². The van der Waals surface area contributed by atoms with Crippen molar-refractivity contribution >= 4 is 12.1 Å². The van der Waals surface area contributed by atoms with E-state index in [9.17, 15) is 4.79 Å². The van der Waals surface area contributed by atoms with Gasteiger partial charge in [-0.15, -0.1) is 0 Å². The molecule has 180 valence electrons. The van der Waals surface area contributed by atoms with Gasteiger partial charge in [-0.3, -0.25) is 14.8 Å². The number of aliphatic imine (C=N–C) groups is 1. The first-order chi connectivity index (χ1) is 14.6. The van der Waals surface area contributed by atoms with E-state index in [1.54, 1.807) is 0 Å². The van der Waals surface area contributed by atoms with E-state index < -0.39 is 5.60 Å². The third kappa shape index (κ3) is 9.21. The zero-order valence-corrected chi connectivity index (χ0v) is 20.5. The zero-order chi connectivity index (χ0) is 22.9. The Bertz CT molecular complexity index is 576. The molecule has 0 unspecified atom stereocenters. The van der Waals surface area contributed by atoms with E-state index in [1.165, 1.54) is 0 Å². The molecule has 0 bridgehead atoms. The standard InChI is InChI=1S/C22H44N6O3/c1-21(2,3)31-20(29)27-12-10-26(11-13-27)9-7-8-24-19(23-6)25-18-22(4,5)28-14-16-30-17-15-28/h7-18H2,1-6H3,(H2,23,24,25). The smallest absolute Gasteiger partial charge is 0.410 e. The first-order valence-electron chi connectivity index (χ1n) is 11.6. The summed E-state index contributed by atoms with van der Waals surface area (Å²) >= 11 is 0. The number of nitrogens with zero attached hydrogens (tertiary/aromatic N) is 4. The minimum Gasteiger partial charge on any atom is -0.444 e. The van der Waals surface area contributed by atoms with Gasteiger partial charge in [-0.05, 0) is 47.6 Å². The lowest BCUT2D eigenvalue weighted by Crippen LogP contribution is -2.56. The second kappa shape index (κ2) is 11.9. The molecule has 0 aromatic carbocycles. The maximum Gasteiger partial charge on any atom is 0.410 e. The molecular formula is C22H44N6O3. The Morgan fingerprint density at radius 2 is 1.65 bits per heavy atom. The van der Waals surface area contributed by atoms with Crippen molar-refractivity contribution in [1.82, 2.24) is 25.3 Å². The Morgan fingerprint density at radius 3 is 2.23 bits per heavy atom. The minimum absolute atomic E-state index is 0.0508. The van der Waals surface area contributed by atoms with Gasteiger partial charge in [0.2, 0.25) is 0 Å². The number of carbonyl (C=O) groups excluding carboxylic acids is 1. The van der Waals surface area contributed by atoms with Crippen LogP contribution in [0.25, 0.3) is 0 Å². The van der Waals surface area contributed by atoms with Gasteiger partial charge in [0.1, 0.15) is 5.60 Å². The third-order valence-electron chi connectivity index (χ3n) is 5.75. The number of hydrogen-bond donors (Lipinski definition) is 2. The molecule has 2 fully saturated rings. The van der Waals surface area contributed by atoms with E-state index in [4.69, 9.17) is 9.47 Å². The van der Waals surface area contributed by atoms with E-state index in [0.717, 1.165) is 84.5 Å². The highest BCUT2D eigenvalue weighted by Gasteiger charge is 2.28. The highest BCUT2D eigenvalue weighted by Crippen LogP contribution is 2.15. The molecule has 0 spiro atoms. The number of guanidine groups is 1. The summed E-state index contributed by atoms with van der Waals surface area (Å²) in [6.07, 6.45) is 0.823. The van der Waals surface area contributed by atoms with Gasteiger partial charge < -0.3 is 25.0 Å². The summed E-state index contributed by atoms with van der Waals surface area (Å²) in [5, 5.41) is 6.89. The van der Waals surface area contributed by atoms with E-state index >= 15 is 0 Å². The maximum absolute atomic E-state index is 12.2. The molecule has 2 rings (SSSR count). The molecule has 0 aromatic heterocycles. The molecule has 2 aliphatic heterocycles. The van der Waals surface area contributed by atoms with Gasteiger partial charge in [-0.2, -0.15) is 0 Å². The molecule has 0 aromatic rings. The molecule has 0 atom stereocenters. The van der Waals surface area contributed by atoms with Crippen molar-refractivity contribution in [2.75, 3.05) is 79.2 Å². The first kappa shape index (κ1) is 25.7. The Hall–Kier alpha value is -1.58. The lowest BCUT2D eigenvalue weighted by Gasteiger charge is -2.41. The zero-order valence-electron chi connectivity index (χ0n) is 20.5. The maximum atomic E-state index is 12.2. The lowest BCUT2D eigenvalue weighted by atomic mass is 10.0. The van der Waals surface area contributed by atoms with E-state index in [2.05, 4.69) is 39.3 Å². The first-order valence-corrected chi connectivity index (χ1v) is 11.6. The van der Waals surface area contributed by atoms with E-state index in [1.807, 2.05) is 32.7 Å². The summed E-state index contributed by atoms with van der Waals surface area (Å²) in [5.74, 6) is 0.844. The van der Waals surface area contributed by atoms with E-state index in [-0.39, 0.29) is 11.6 Å². The summed E-state index contributed by atoms with van der Waals surface area (Å²) in [5.41, 5.74) is -0.390. The van der Waals surface area contributed by atoms with Crippen LogP contribution in [0.5, 0.6) is 0 Å². The number of rotatable bonds is 7. The van der Waals surface area contributed by atoms with Gasteiger partial charge in [0, 0.05) is 64.9 Å². The third-order valence-corrected chi connectivity index (χ3v) is 5.75. The van der Waals surface area contributed by atoms with Crippen LogP contribution in [-0.4, -0.2) is 117 Å². The second-order valence-electron chi connectivity index (χ2n) is 9.93. The number of morpholine rings is 1. The van der Waals surface area contributed by atoms with Crippen LogP contribution in [0.3, 0.4) is 0 Å². The molecule has 9 nitrogen and oxygen atoms in total. The van der Waals surface area contributed by atoms with Crippen LogP contribution in [0.4, 0.5) is 4.79 Å². The number of nitrogens with one attached hydrogen (secondary N) is 2. The van der Waals surface area contributed by atoms with Crippen molar-refractivity contribution in [3.05, 3.63) is 0 Å². The Morgan fingerprint density at radius 1 is 1.00 bits per heavy atom. The highest BCUT2D eigenvalue weighted by atomic mass is 16.6. The predicted molar refractivity (Wildman–Crippen MR) is 125 cm³/mol. The quantitative estimate of drug-likeness (QED) is 0.350. The molecule has 2 saturated heterocycles. The molecule has 2 heterocycles. The number of amides is 1. The number of hydrogen-bond acceptors (Lipinski definition) is 6. The Kier molecular flexibility index (Phi) is 9.84. The van der Waals surface area contributed by atoms with Crippen molar-refractivity contribution in [3.8, 4) is 0 Å². The fraction of sp³-hybridized carbons (Fsp3) is 0.909. The van der Waals surface area contributed by atoms with Crippen molar-refractivity contribution in [2.45, 2.75) is 52.2 Å². The molecule has 1 amide bonds. The molecule has 0 aliphatic carbocycles. The molecule has 9 heteroatoms. The van der Waals surface area contributed by atoms with Crippen molar-refractivity contribution in [1.29, 1.82) is 0 Å². The molecule has 31 heavy (non-hydrogen) atoms. The number of carbonyl (C=O) groups is 1. The molecule has 2 aliphatic rings. The number of piperazine rings is 1. The Balaban J connectivity index is 1.60. The molecule has 0 radical (unpaired) electrons. The molecule has 2 N–H and O–H groups in total. The largest absolute Gasteiger partial charge is 0.444 e. The fourth-order valence-electron chi connectivity index (χ4n) is 3.79. The van der Waals surface area contributed by atoms with Crippen LogP contribution in [0.1, 0.15) is 41.0 Å². The predicted octanol–water partition coefficient (Wildman–Crippen LogP) is 1.21. The minimum atomic E-state index is -0.441. The van der Waals surface area contributed by atoms with Crippen molar-refractivity contribution < 1.29 is 14.3 Å². The van der Waals surface area contributed by atoms with Crippen LogP contribution in [0, 0.1) is 0 Å². The molecule has 0 saturated carbocycles. The average molecular weight is 441 g/mol. The monoisotopic (exact) mass is 440 g/mol. The van der Waals surface area contributed by atoms with Crippen LogP contribution >= 0.6 is 0 Å². The summed E-state index contributed by atoms with van der Waals surface area (Å²) < 4.78 is 10.9. The van der Waals surface area contributed by atoms with Gasteiger partial charge in [-0.1, -0.05) is 0 Å². The topological polar surface area (TPSA) is 81.7 Å². The number of ether oxygens (including phenoxy) is 2. The second-order valence-corrected chi connectivity index (χ2v) is 9.93. The van der Waals surface area contributed by atoms with Crippen LogP contribution in [0.2, 0.25) is 0 Å². The van der Waals surface area contributed by atoms with Gasteiger partial charge in [0.25, 0.3) is 0 Å². The highest BCUT2D eigenvalue weighted by molar-refractivity contribution is 5.79. The summed E-state index contributed by atoms with van der Waals surface area (Å²) in [7, 11) is 1.81. The van der Waals surface area contributed by atoms with Crippen LogP contribution in [0.15, 0.2) is 4.99 Å². The van der Waals surface area contributed by atoms with E-state index in [0.29, 0.717) is 0 Å². The normalized spacial score (nSPS) is 19.9. The van der Waals surface area contributed by atoms with Gasteiger partial charge in [0.15, 0.2) is 5.96 Å². The Labute approximate surface area is 188 Å². The van der Waals surface area contributed by atoms with Crippen molar-refractivity contribution in [2.24, 2.45) is 4.99 Å². The van der Waals surface area contributed by atoms with Gasteiger partial charge >= 0.3 is 6.09 Å². The summed E-state index contributed by atoms with van der Waals surface area (Å²) in [4.78, 5) is 23.2. The fourth-order valence-corrected chi connectivity index (χ4v) is 3.79. The van der Waals surface area contributed by atoms with Gasteiger partial charge in [-0.25, -0.2) is 4.79 Å². The summed E-state index contributed by atoms with van der Waals surface area (Å²) in [6.45, 7) is 19.7. The summed E-state index contributed by atoms with van der Waals surface area (Å²) in [6, 6.07) is 0. The molecular weight excluding hydrogens is 396 g/mol. The van der Waals surface area contributed by atoms with Crippen LogP contribution < -0.4 is 10.6 Å². The van der Waals surface area contributed by atoms with Crippen molar-refractivity contribution in [3.63, 3.8) is 0 Å².